The van der Waals surface area contributed by atoms with E-state index in [1.54, 1.807) is 25.7 Å². The van der Waals surface area contributed by atoms with Crippen molar-refractivity contribution in [3.63, 3.8) is 0 Å². The van der Waals surface area contributed by atoms with E-state index in [0.717, 1.165) is 42.4 Å². The van der Waals surface area contributed by atoms with E-state index < -0.39 is 23.3 Å². The third-order valence-electron chi connectivity index (χ3n) is 5.36. The van der Waals surface area contributed by atoms with Gasteiger partial charge in [-0.3, -0.25) is 9.59 Å². The molecule has 3 amide bonds. The van der Waals surface area contributed by atoms with Gasteiger partial charge in [0, 0.05) is 12.1 Å². The van der Waals surface area contributed by atoms with Crippen LogP contribution in [0.4, 0.5) is 4.79 Å². The number of unbranched alkanes of at least 4 members (excludes halogenated alkanes) is 3. The molecule has 0 spiro atoms. The zero-order chi connectivity index (χ0) is 26.1. The Morgan fingerprint density at radius 3 is 2.21 bits per heavy atom. The molecule has 0 saturated heterocycles. The van der Waals surface area contributed by atoms with Crippen LogP contribution < -0.4 is 10.6 Å². The lowest BCUT2D eigenvalue weighted by Crippen LogP contribution is -2.51. The smallest absolute Gasteiger partial charge is 0.408 e. The fraction of sp³-hybridized carbons (Fsp3) is 0.667. The third-order valence-corrected chi connectivity index (χ3v) is 5.36. The summed E-state index contributed by atoms with van der Waals surface area (Å²) in [7, 11) is 0. The molecule has 0 aromatic heterocycles. The SMILES string of the molecule is CCCCCCN(C(=O)CNC(=O)OC(C)(C)C)C(C(=O)NC(C)(C)C)c1cccc(C)c1C. The van der Waals surface area contributed by atoms with Gasteiger partial charge >= 0.3 is 6.09 Å². The van der Waals surface area contributed by atoms with Crippen LogP contribution in [0.1, 0.15) is 96.9 Å². The van der Waals surface area contributed by atoms with Crippen molar-refractivity contribution in [2.24, 2.45) is 0 Å². The summed E-state index contributed by atoms with van der Waals surface area (Å²) in [5.74, 6) is -0.556. The summed E-state index contributed by atoms with van der Waals surface area (Å²) in [6.45, 7) is 17.3. The second kappa shape index (κ2) is 12.8. The lowest BCUT2D eigenvalue weighted by Gasteiger charge is -2.35. The number of benzene rings is 1. The number of alkyl carbamates (subject to hydrolysis) is 1. The first-order valence-corrected chi connectivity index (χ1v) is 12.3. The first-order valence-electron chi connectivity index (χ1n) is 12.3. The van der Waals surface area contributed by atoms with E-state index in [2.05, 4.69) is 17.6 Å². The van der Waals surface area contributed by atoms with Gasteiger partial charge in [0.2, 0.25) is 11.8 Å². The van der Waals surface area contributed by atoms with Gasteiger partial charge in [-0.2, -0.15) is 0 Å². The van der Waals surface area contributed by atoms with Gasteiger partial charge in [-0.05, 0) is 78.5 Å². The minimum Gasteiger partial charge on any atom is -0.444 e. The average molecular weight is 476 g/mol. The molecule has 0 bridgehead atoms. The van der Waals surface area contributed by atoms with Crippen LogP contribution in [0.2, 0.25) is 0 Å². The predicted molar refractivity (Wildman–Crippen MR) is 137 cm³/mol. The highest BCUT2D eigenvalue weighted by Crippen LogP contribution is 2.28. The number of ether oxygens (including phenoxy) is 1. The van der Waals surface area contributed by atoms with Crippen LogP contribution in [0, 0.1) is 13.8 Å². The molecule has 1 atom stereocenters. The van der Waals surface area contributed by atoms with Crippen molar-refractivity contribution in [3.8, 4) is 0 Å². The van der Waals surface area contributed by atoms with Gasteiger partial charge < -0.3 is 20.3 Å². The zero-order valence-corrected chi connectivity index (χ0v) is 22.6. The number of aryl methyl sites for hydroxylation is 1. The van der Waals surface area contributed by atoms with E-state index in [4.69, 9.17) is 4.74 Å². The summed E-state index contributed by atoms with van der Waals surface area (Å²) in [5.41, 5.74) is 1.70. The minimum absolute atomic E-state index is 0.234. The average Bonchev–Trinajstić information content (AvgIpc) is 2.68. The number of amides is 3. The highest BCUT2D eigenvalue weighted by molar-refractivity contribution is 5.91. The third kappa shape index (κ3) is 10.1. The number of hydrogen-bond acceptors (Lipinski definition) is 4. The molecule has 7 heteroatoms. The summed E-state index contributed by atoms with van der Waals surface area (Å²) in [5, 5.41) is 5.61. The molecule has 0 radical (unpaired) electrons. The Bertz CT molecular complexity index is 837. The fourth-order valence-electron chi connectivity index (χ4n) is 3.63. The molecule has 0 aliphatic carbocycles. The second-order valence-electron chi connectivity index (χ2n) is 10.9. The summed E-state index contributed by atoms with van der Waals surface area (Å²) in [4.78, 5) is 40.8. The second-order valence-corrected chi connectivity index (χ2v) is 10.9. The maximum absolute atomic E-state index is 13.6. The van der Waals surface area contributed by atoms with Crippen molar-refractivity contribution >= 4 is 17.9 Å². The van der Waals surface area contributed by atoms with Crippen molar-refractivity contribution in [2.75, 3.05) is 13.1 Å². The number of carbonyl (C=O) groups excluding carboxylic acids is 3. The van der Waals surface area contributed by atoms with Gasteiger partial charge in [-0.25, -0.2) is 4.79 Å². The van der Waals surface area contributed by atoms with Crippen molar-refractivity contribution in [1.29, 1.82) is 0 Å². The molecule has 192 valence electrons. The molecule has 7 nitrogen and oxygen atoms in total. The van der Waals surface area contributed by atoms with E-state index in [9.17, 15) is 14.4 Å². The van der Waals surface area contributed by atoms with Crippen molar-refractivity contribution < 1.29 is 19.1 Å². The number of nitrogens with one attached hydrogen (secondary N) is 2. The molecule has 2 N–H and O–H groups in total. The molecule has 0 aliphatic heterocycles. The molecule has 0 saturated carbocycles. The monoisotopic (exact) mass is 475 g/mol. The van der Waals surface area contributed by atoms with Gasteiger partial charge in [-0.15, -0.1) is 0 Å². The van der Waals surface area contributed by atoms with E-state index >= 15 is 0 Å². The van der Waals surface area contributed by atoms with Crippen molar-refractivity contribution in [3.05, 3.63) is 34.9 Å². The summed E-state index contributed by atoms with van der Waals surface area (Å²) >= 11 is 0. The van der Waals surface area contributed by atoms with Crippen LogP contribution in [0.5, 0.6) is 0 Å². The summed E-state index contributed by atoms with van der Waals surface area (Å²) < 4.78 is 5.27. The summed E-state index contributed by atoms with van der Waals surface area (Å²) in [6, 6.07) is 5.01. The zero-order valence-electron chi connectivity index (χ0n) is 22.6. The Morgan fingerprint density at radius 1 is 1.00 bits per heavy atom. The Balaban J connectivity index is 3.32. The fourth-order valence-corrected chi connectivity index (χ4v) is 3.63. The topological polar surface area (TPSA) is 87.7 Å². The summed E-state index contributed by atoms with van der Waals surface area (Å²) in [6.07, 6.45) is 3.20. The minimum atomic E-state index is -0.798. The highest BCUT2D eigenvalue weighted by Gasteiger charge is 2.34. The molecule has 0 fully saturated rings. The molecular weight excluding hydrogens is 430 g/mol. The standard InChI is InChI=1S/C27H45N3O4/c1-10-11-12-13-17-30(22(31)18-28-25(33)34-27(7,8)9)23(24(32)29-26(4,5)6)21-16-14-15-19(2)20(21)3/h14-16,23H,10-13,17-18H2,1-9H3,(H,28,33)(H,29,32). The van der Waals surface area contributed by atoms with E-state index in [0.29, 0.717) is 6.54 Å². The maximum Gasteiger partial charge on any atom is 0.408 e. The van der Waals surface area contributed by atoms with Gasteiger partial charge in [0.15, 0.2) is 0 Å². The lowest BCUT2D eigenvalue weighted by molar-refractivity contribution is -0.141. The molecular formula is C27H45N3O4. The van der Waals surface area contributed by atoms with Crippen LogP contribution in [0.3, 0.4) is 0 Å². The van der Waals surface area contributed by atoms with E-state index in [1.807, 2.05) is 52.8 Å². The predicted octanol–water partition coefficient (Wildman–Crippen LogP) is 5.19. The van der Waals surface area contributed by atoms with Crippen LogP contribution in [-0.2, 0) is 14.3 Å². The Morgan fingerprint density at radius 2 is 1.65 bits per heavy atom. The van der Waals surface area contributed by atoms with Crippen molar-refractivity contribution in [1.82, 2.24) is 15.5 Å². The van der Waals surface area contributed by atoms with Crippen LogP contribution in [0.15, 0.2) is 18.2 Å². The number of carbonyl (C=O) groups is 3. The van der Waals surface area contributed by atoms with Crippen molar-refractivity contribution in [2.45, 2.75) is 105 Å². The van der Waals surface area contributed by atoms with Gasteiger partial charge in [-0.1, -0.05) is 44.4 Å². The molecule has 1 rings (SSSR count). The number of rotatable bonds is 10. The van der Waals surface area contributed by atoms with Gasteiger partial charge in [0.25, 0.3) is 0 Å². The highest BCUT2D eigenvalue weighted by atomic mass is 16.6. The largest absolute Gasteiger partial charge is 0.444 e. The molecule has 1 unspecified atom stereocenters. The van der Waals surface area contributed by atoms with E-state index in [1.165, 1.54) is 0 Å². The number of nitrogens with zero attached hydrogens (tertiary/aromatic N) is 1. The van der Waals surface area contributed by atoms with Crippen LogP contribution >= 0.6 is 0 Å². The Hall–Kier alpha value is -2.57. The van der Waals surface area contributed by atoms with Gasteiger partial charge in [0.05, 0.1) is 0 Å². The first kappa shape index (κ1) is 29.5. The molecule has 0 aliphatic rings. The lowest BCUT2D eigenvalue weighted by atomic mass is 9.94. The molecule has 0 heterocycles. The first-order chi connectivity index (χ1) is 15.7. The molecule has 1 aromatic carbocycles. The maximum atomic E-state index is 13.6. The van der Waals surface area contributed by atoms with Crippen LogP contribution in [0.25, 0.3) is 0 Å². The Kier molecular flexibility index (Phi) is 11.1. The van der Waals surface area contributed by atoms with E-state index in [-0.39, 0.29) is 18.4 Å². The van der Waals surface area contributed by atoms with Gasteiger partial charge in [0.1, 0.15) is 18.2 Å². The Labute approximate surface area is 206 Å². The number of hydrogen-bond donors (Lipinski definition) is 2. The quantitative estimate of drug-likeness (QED) is 0.456. The molecule has 34 heavy (non-hydrogen) atoms. The van der Waals surface area contributed by atoms with Crippen LogP contribution in [-0.4, -0.2) is 47.0 Å². The molecule has 1 aromatic rings. The normalized spacial score (nSPS) is 12.6.